The first-order valence-electron chi connectivity index (χ1n) is 7.82. The molecule has 5 unspecified atom stereocenters. The Hall–Kier alpha value is -1.02. The Morgan fingerprint density at radius 3 is 2.74 bits per heavy atom. The number of fused-ring (bicyclic) bond motifs is 1. The molecular formula is C15H20F2O5S. The van der Waals surface area contributed by atoms with Gasteiger partial charge in [-0.2, -0.15) is 17.2 Å². The zero-order chi connectivity index (χ0) is 17.0. The summed E-state index contributed by atoms with van der Waals surface area (Å²) >= 11 is 0. The smallest absolute Gasteiger partial charge is 0.460 e. The van der Waals surface area contributed by atoms with Crippen molar-refractivity contribution in [1.82, 2.24) is 0 Å². The molecule has 5 atom stereocenters. The highest BCUT2D eigenvalue weighted by Crippen LogP contribution is 2.56. The van der Waals surface area contributed by atoms with E-state index < -0.39 is 21.3 Å². The van der Waals surface area contributed by atoms with E-state index in [1.165, 1.54) is 5.57 Å². The molecule has 2 fully saturated rings. The molecule has 5 nitrogen and oxygen atoms in total. The molecule has 3 aliphatic rings. The number of hydrogen-bond acceptors (Lipinski definition) is 4. The Morgan fingerprint density at radius 1 is 1.39 bits per heavy atom. The lowest BCUT2D eigenvalue weighted by Crippen LogP contribution is -2.40. The lowest BCUT2D eigenvalue weighted by Gasteiger charge is -2.36. The third kappa shape index (κ3) is 2.91. The number of rotatable bonds is 4. The van der Waals surface area contributed by atoms with Gasteiger partial charge >= 0.3 is 21.3 Å². The average molecular weight is 350 g/mol. The summed E-state index contributed by atoms with van der Waals surface area (Å²) in [4.78, 5) is 11.3. The molecule has 0 amide bonds. The van der Waals surface area contributed by atoms with Crippen molar-refractivity contribution in [2.75, 3.05) is 6.61 Å². The van der Waals surface area contributed by atoms with E-state index in [9.17, 15) is 22.0 Å². The van der Waals surface area contributed by atoms with Crippen molar-refractivity contribution < 1.29 is 31.3 Å². The first-order valence-corrected chi connectivity index (χ1v) is 9.26. The summed E-state index contributed by atoms with van der Waals surface area (Å²) < 4.78 is 60.5. The zero-order valence-corrected chi connectivity index (χ0v) is 13.6. The zero-order valence-electron chi connectivity index (χ0n) is 12.7. The SMILES string of the molecule is CC1/C=C2/CC3CC(CC1COC(=O)C(F)(F)S(=O)(=O)O)CC23. The topological polar surface area (TPSA) is 80.7 Å². The summed E-state index contributed by atoms with van der Waals surface area (Å²) in [5, 5.41) is -4.92. The molecule has 2 saturated carbocycles. The molecule has 0 saturated heterocycles. The van der Waals surface area contributed by atoms with Gasteiger partial charge in [-0.1, -0.05) is 18.6 Å². The molecule has 0 aromatic rings. The van der Waals surface area contributed by atoms with Crippen LogP contribution in [0.25, 0.3) is 0 Å². The Balaban J connectivity index is 1.66. The molecule has 0 aromatic carbocycles. The Kier molecular flexibility index (Phi) is 4.03. The fourth-order valence-corrected chi connectivity index (χ4v) is 4.58. The molecule has 0 heterocycles. The van der Waals surface area contributed by atoms with Gasteiger partial charge in [-0.25, -0.2) is 4.79 Å². The summed E-state index contributed by atoms with van der Waals surface area (Å²) in [5.41, 5.74) is 1.42. The number of esters is 1. The van der Waals surface area contributed by atoms with Gasteiger partial charge in [-0.3, -0.25) is 4.55 Å². The molecule has 0 aliphatic heterocycles. The third-order valence-corrected chi connectivity index (χ3v) is 6.43. The predicted molar refractivity (Wildman–Crippen MR) is 77.1 cm³/mol. The van der Waals surface area contributed by atoms with Crippen molar-refractivity contribution >= 4 is 16.1 Å². The quantitative estimate of drug-likeness (QED) is 0.479. The van der Waals surface area contributed by atoms with Crippen LogP contribution in [0, 0.1) is 29.6 Å². The molecule has 0 radical (unpaired) electrons. The van der Waals surface area contributed by atoms with Gasteiger partial charge in [0.25, 0.3) is 0 Å². The van der Waals surface area contributed by atoms with E-state index in [2.05, 4.69) is 10.8 Å². The third-order valence-electron chi connectivity index (χ3n) is 5.61. The minimum atomic E-state index is -5.81. The molecule has 130 valence electrons. The van der Waals surface area contributed by atoms with Gasteiger partial charge in [0, 0.05) is 0 Å². The molecule has 0 aromatic heterocycles. The van der Waals surface area contributed by atoms with E-state index in [1.807, 2.05) is 6.92 Å². The monoisotopic (exact) mass is 350 g/mol. The summed E-state index contributed by atoms with van der Waals surface area (Å²) in [7, 11) is -5.81. The first kappa shape index (κ1) is 16.8. The molecule has 3 rings (SSSR count). The maximum atomic E-state index is 13.2. The number of carbonyl (C=O) groups is 1. The van der Waals surface area contributed by atoms with Gasteiger partial charge in [0.2, 0.25) is 0 Å². The van der Waals surface area contributed by atoms with Gasteiger partial charge in [0.05, 0.1) is 6.61 Å². The second kappa shape index (κ2) is 5.51. The Bertz CT molecular complexity index is 642. The summed E-state index contributed by atoms with van der Waals surface area (Å²) in [6.45, 7) is 1.70. The summed E-state index contributed by atoms with van der Waals surface area (Å²) in [5.74, 6) is -0.325. The standard InChI is InChI=1S/C15H20F2O5S/c1-8-2-10-6-11-3-9(5-13(10)11)4-12(8)7-22-14(18)15(16,17)23(19,20)21/h2,8-9,11-13H,3-7H2,1H3,(H,19,20,21)/b10-2-. The normalized spacial score (nSPS) is 38.8. The van der Waals surface area contributed by atoms with E-state index in [4.69, 9.17) is 4.55 Å². The van der Waals surface area contributed by atoms with Crippen LogP contribution >= 0.6 is 0 Å². The van der Waals surface area contributed by atoms with Crippen LogP contribution in [-0.4, -0.2) is 30.8 Å². The second-order valence-corrected chi connectivity index (χ2v) is 8.56. The summed E-state index contributed by atoms with van der Waals surface area (Å²) in [6, 6.07) is 0. The van der Waals surface area contributed by atoms with Crippen LogP contribution in [0.2, 0.25) is 0 Å². The van der Waals surface area contributed by atoms with Crippen LogP contribution in [-0.2, 0) is 19.6 Å². The number of carbonyl (C=O) groups excluding carboxylic acids is 1. The van der Waals surface area contributed by atoms with Crippen LogP contribution < -0.4 is 0 Å². The molecule has 3 aliphatic carbocycles. The highest BCUT2D eigenvalue weighted by Gasteiger charge is 2.54. The fourth-order valence-electron chi connectivity index (χ4n) is 4.31. The highest BCUT2D eigenvalue weighted by molar-refractivity contribution is 7.87. The van der Waals surface area contributed by atoms with E-state index in [0.29, 0.717) is 11.8 Å². The van der Waals surface area contributed by atoms with Gasteiger partial charge in [-0.05, 0) is 55.3 Å². The Morgan fingerprint density at radius 2 is 2.09 bits per heavy atom. The highest BCUT2D eigenvalue weighted by atomic mass is 32.2. The number of ether oxygens (including phenoxy) is 1. The minimum Gasteiger partial charge on any atom is -0.460 e. The largest absolute Gasteiger partial charge is 0.465 e. The Labute approximate surface area is 133 Å². The second-order valence-electron chi connectivity index (χ2n) is 7.09. The number of hydrogen-bond donors (Lipinski definition) is 1. The maximum absolute atomic E-state index is 13.2. The molecule has 1 N–H and O–H groups in total. The number of alkyl halides is 2. The molecular weight excluding hydrogens is 330 g/mol. The maximum Gasteiger partial charge on any atom is 0.465 e. The van der Waals surface area contributed by atoms with Crippen LogP contribution in [0.4, 0.5) is 8.78 Å². The number of allylic oxidation sites excluding steroid dienone is 2. The van der Waals surface area contributed by atoms with E-state index in [0.717, 1.165) is 31.6 Å². The van der Waals surface area contributed by atoms with Crippen LogP contribution in [0.5, 0.6) is 0 Å². The van der Waals surface area contributed by atoms with E-state index in [-0.39, 0.29) is 18.4 Å². The van der Waals surface area contributed by atoms with Crippen molar-refractivity contribution in [1.29, 1.82) is 0 Å². The van der Waals surface area contributed by atoms with Crippen molar-refractivity contribution in [3.05, 3.63) is 11.6 Å². The van der Waals surface area contributed by atoms with Crippen molar-refractivity contribution in [3.63, 3.8) is 0 Å². The van der Waals surface area contributed by atoms with Gasteiger partial charge < -0.3 is 4.74 Å². The van der Waals surface area contributed by atoms with Gasteiger partial charge in [0.1, 0.15) is 0 Å². The van der Waals surface area contributed by atoms with Crippen molar-refractivity contribution in [2.24, 2.45) is 29.6 Å². The van der Waals surface area contributed by atoms with Gasteiger partial charge in [-0.15, -0.1) is 0 Å². The number of halogens is 2. The van der Waals surface area contributed by atoms with Gasteiger partial charge in [0.15, 0.2) is 0 Å². The lowest BCUT2D eigenvalue weighted by atomic mass is 9.69. The lowest BCUT2D eigenvalue weighted by molar-refractivity contribution is -0.163. The van der Waals surface area contributed by atoms with Crippen LogP contribution in [0.15, 0.2) is 11.6 Å². The average Bonchev–Trinajstić information content (AvgIpc) is 2.79. The fraction of sp³-hybridized carbons (Fsp3) is 0.800. The minimum absolute atomic E-state index is 0.0847. The first-order chi connectivity index (χ1) is 10.6. The van der Waals surface area contributed by atoms with Crippen molar-refractivity contribution in [3.8, 4) is 0 Å². The predicted octanol–water partition coefficient (Wildman–Crippen LogP) is 2.64. The van der Waals surface area contributed by atoms with Crippen LogP contribution in [0.3, 0.4) is 0 Å². The van der Waals surface area contributed by atoms with Crippen molar-refractivity contribution in [2.45, 2.75) is 37.9 Å². The van der Waals surface area contributed by atoms with E-state index >= 15 is 0 Å². The van der Waals surface area contributed by atoms with E-state index in [1.54, 1.807) is 0 Å². The molecule has 8 heteroatoms. The molecule has 0 spiro atoms. The van der Waals surface area contributed by atoms with Crippen LogP contribution in [0.1, 0.15) is 32.6 Å². The molecule has 2 bridgehead atoms. The molecule has 23 heavy (non-hydrogen) atoms. The summed E-state index contributed by atoms with van der Waals surface area (Å²) in [6.07, 6.45) is 6.28.